The molecule has 3 saturated heterocycles. The van der Waals surface area contributed by atoms with Gasteiger partial charge in [0, 0.05) is 37.0 Å². The molecule has 0 aliphatic carbocycles. The van der Waals surface area contributed by atoms with Crippen LogP contribution in [0.5, 0.6) is 0 Å². The Kier molecular flexibility index (Phi) is 4.30. The van der Waals surface area contributed by atoms with Gasteiger partial charge in [0.2, 0.25) is 15.9 Å². The zero-order valence-electron chi connectivity index (χ0n) is 14.0. The normalized spacial score (nSPS) is 30.9. The van der Waals surface area contributed by atoms with E-state index in [2.05, 4.69) is 0 Å². The number of benzene rings is 1. The van der Waals surface area contributed by atoms with Crippen LogP contribution < -0.4 is 0 Å². The van der Waals surface area contributed by atoms with Crippen LogP contribution in [0.1, 0.15) is 12.8 Å². The molecule has 136 valence electrons. The Morgan fingerprint density at radius 3 is 2.32 bits per heavy atom. The van der Waals surface area contributed by atoms with E-state index in [9.17, 15) is 13.2 Å². The fourth-order valence-corrected chi connectivity index (χ4v) is 5.57. The van der Waals surface area contributed by atoms with Gasteiger partial charge in [-0.15, -0.1) is 0 Å². The monoisotopic (exact) mass is 384 g/mol. The van der Waals surface area contributed by atoms with Crippen molar-refractivity contribution in [3.8, 4) is 0 Å². The van der Waals surface area contributed by atoms with E-state index >= 15 is 0 Å². The van der Waals surface area contributed by atoms with Crippen molar-refractivity contribution in [1.82, 2.24) is 9.21 Å². The highest BCUT2D eigenvalue weighted by Gasteiger charge is 2.53. The predicted octanol–water partition coefficient (Wildman–Crippen LogP) is 1.60. The molecule has 0 unspecified atom stereocenters. The molecule has 2 bridgehead atoms. The molecule has 0 saturated carbocycles. The lowest BCUT2D eigenvalue weighted by molar-refractivity contribution is -0.130. The predicted molar refractivity (Wildman–Crippen MR) is 92.7 cm³/mol. The van der Waals surface area contributed by atoms with Crippen LogP contribution >= 0.6 is 11.6 Å². The summed E-state index contributed by atoms with van der Waals surface area (Å²) in [5.74, 6) is 0.690. The van der Waals surface area contributed by atoms with Crippen molar-refractivity contribution in [2.45, 2.75) is 29.9 Å². The van der Waals surface area contributed by atoms with Crippen LogP contribution in [-0.2, 0) is 19.6 Å². The quantitative estimate of drug-likeness (QED) is 0.790. The highest BCUT2D eigenvalue weighted by Crippen LogP contribution is 2.47. The lowest BCUT2D eigenvalue weighted by atomic mass is 9.82. The summed E-state index contributed by atoms with van der Waals surface area (Å²) in [7, 11) is -2.27. The summed E-state index contributed by atoms with van der Waals surface area (Å²) >= 11 is 5.81. The van der Waals surface area contributed by atoms with E-state index in [0.29, 0.717) is 29.9 Å². The largest absolute Gasteiger partial charge is 0.374 e. The number of sulfonamides is 1. The van der Waals surface area contributed by atoms with Gasteiger partial charge in [0.1, 0.15) is 0 Å². The number of likely N-dealkylation sites (N-methyl/N-ethyl adjacent to an activating group) is 1. The molecule has 8 heteroatoms. The van der Waals surface area contributed by atoms with E-state index in [1.54, 1.807) is 4.90 Å². The van der Waals surface area contributed by atoms with E-state index < -0.39 is 10.0 Å². The van der Waals surface area contributed by atoms with Gasteiger partial charge in [-0.3, -0.25) is 4.79 Å². The summed E-state index contributed by atoms with van der Waals surface area (Å²) < 4.78 is 32.2. The molecule has 25 heavy (non-hydrogen) atoms. The zero-order chi connectivity index (χ0) is 17.8. The first-order valence-corrected chi connectivity index (χ1v) is 10.3. The highest BCUT2D eigenvalue weighted by molar-refractivity contribution is 7.89. The van der Waals surface area contributed by atoms with Gasteiger partial charge >= 0.3 is 0 Å². The van der Waals surface area contributed by atoms with Gasteiger partial charge in [-0.2, -0.15) is 4.31 Å². The molecule has 3 heterocycles. The summed E-state index contributed by atoms with van der Waals surface area (Å²) in [5.41, 5.74) is 0. The number of ether oxygens (including phenoxy) is 1. The van der Waals surface area contributed by atoms with E-state index in [0.717, 1.165) is 17.1 Å². The van der Waals surface area contributed by atoms with Gasteiger partial charge in [-0.05, 0) is 37.1 Å². The zero-order valence-corrected chi connectivity index (χ0v) is 15.5. The lowest BCUT2D eigenvalue weighted by Gasteiger charge is -2.23. The molecule has 1 amide bonds. The van der Waals surface area contributed by atoms with E-state index in [1.165, 1.54) is 31.3 Å². The number of carbonyl (C=O) groups is 1. The smallest absolute Gasteiger partial charge is 0.243 e. The van der Waals surface area contributed by atoms with Crippen molar-refractivity contribution >= 4 is 27.5 Å². The lowest BCUT2D eigenvalue weighted by Crippen LogP contribution is -2.41. The molecular formula is C17H21ClN2O4S. The van der Waals surface area contributed by atoms with Crippen molar-refractivity contribution in [3.05, 3.63) is 29.3 Å². The molecule has 0 aromatic heterocycles. The fourth-order valence-electron chi connectivity index (χ4n) is 4.33. The van der Waals surface area contributed by atoms with Crippen LogP contribution in [0.4, 0.5) is 0 Å². The van der Waals surface area contributed by atoms with Gasteiger partial charge < -0.3 is 9.64 Å². The summed E-state index contributed by atoms with van der Waals surface area (Å²) in [6, 6.07) is 5.96. The van der Waals surface area contributed by atoms with Gasteiger partial charge in [0.15, 0.2) is 0 Å². The number of fused-ring (bicyclic) bond motifs is 5. The standard InChI is InChI=1S/C17H21ClN2O4S/c1-19(25(22,23)12-4-2-11(18)3-5-12)10-17(21)20-8-13-14(9-20)16-7-6-15(13)24-16/h2-5,13-16H,6-10H2,1H3/t13-,14-,15+,16+/m0/s1. The second-order valence-electron chi connectivity index (χ2n) is 7.13. The van der Waals surface area contributed by atoms with Crippen molar-refractivity contribution in [2.24, 2.45) is 11.8 Å². The van der Waals surface area contributed by atoms with Gasteiger partial charge in [-0.1, -0.05) is 11.6 Å². The first kappa shape index (κ1) is 17.3. The summed E-state index contributed by atoms with van der Waals surface area (Å²) in [5, 5.41) is 0.470. The topological polar surface area (TPSA) is 66.9 Å². The van der Waals surface area contributed by atoms with Crippen molar-refractivity contribution < 1.29 is 17.9 Å². The van der Waals surface area contributed by atoms with Crippen LogP contribution in [-0.4, -0.2) is 62.4 Å². The number of hydrogen-bond donors (Lipinski definition) is 0. The summed E-state index contributed by atoms with van der Waals surface area (Å²) in [4.78, 5) is 14.5. The number of hydrogen-bond acceptors (Lipinski definition) is 4. The van der Waals surface area contributed by atoms with Gasteiger partial charge in [0.05, 0.1) is 23.6 Å². The molecule has 0 radical (unpaired) electrons. The number of nitrogens with zero attached hydrogens (tertiary/aromatic N) is 2. The molecular weight excluding hydrogens is 364 g/mol. The number of halogens is 1. The Hall–Kier alpha value is -1.15. The minimum Gasteiger partial charge on any atom is -0.374 e. The average molecular weight is 385 g/mol. The molecule has 3 aliphatic rings. The van der Waals surface area contributed by atoms with Gasteiger partial charge in [-0.25, -0.2) is 8.42 Å². The maximum Gasteiger partial charge on any atom is 0.243 e. The second kappa shape index (κ2) is 6.23. The third kappa shape index (κ3) is 2.97. The van der Waals surface area contributed by atoms with Crippen molar-refractivity contribution in [1.29, 1.82) is 0 Å². The van der Waals surface area contributed by atoms with E-state index in [4.69, 9.17) is 16.3 Å². The third-order valence-corrected chi connectivity index (χ3v) is 7.75. The Morgan fingerprint density at radius 1 is 1.20 bits per heavy atom. The first-order valence-electron chi connectivity index (χ1n) is 8.51. The number of likely N-dealkylation sites (tertiary alicyclic amines) is 1. The number of amides is 1. The van der Waals surface area contributed by atoms with Crippen molar-refractivity contribution in [3.63, 3.8) is 0 Å². The number of carbonyl (C=O) groups excluding carboxylic acids is 1. The molecule has 1 aromatic rings. The summed E-state index contributed by atoms with van der Waals surface area (Å²) in [6.07, 6.45) is 2.73. The highest BCUT2D eigenvalue weighted by atomic mass is 35.5. The van der Waals surface area contributed by atoms with Crippen LogP contribution in [0.3, 0.4) is 0 Å². The molecule has 1 aromatic carbocycles. The average Bonchev–Trinajstić information content (AvgIpc) is 3.28. The Labute approximate surface area is 152 Å². The molecule has 3 aliphatic heterocycles. The molecule has 4 rings (SSSR count). The van der Waals surface area contributed by atoms with E-state index in [-0.39, 0.29) is 29.6 Å². The fraction of sp³-hybridized carbons (Fsp3) is 0.588. The molecule has 6 nitrogen and oxygen atoms in total. The minimum absolute atomic E-state index is 0.136. The Balaban J connectivity index is 1.41. The maximum absolute atomic E-state index is 12.6. The van der Waals surface area contributed by atoms with E-state index in [1.807, 2.05) is 0 Å². The molecule has 4 atom stereocenters. The van der Waals surface area contributed by atoms with Gasteiger partial charge in [0.25, 0.3) is 0 Å². The van der Waals surface area contributed by atoms with Crippen LogP contribution in [0.15, 0.2) is 29.2 Å². The summed E-state index contributed by atoms with van der Waals surface area (Å²) in [6.45, 7) is 1.21. The van der Waals surface area contributed by atoms with Crippen LogP contribution in [0.2, 0.25) is 5.02 Å². The third-order valence-electron chi connectivity index (χ3n) is 5.69. The maximum atomic E-state index is 12.6. The second-order valence-corrected chi connectivity index (χ2v) is 9.61. The Morgan fingerprint density at radius 2 is 1.76 bits per heavy atom. The SMILES string of the molecule is CN(CC(=O)N1C[C@H]2[C@H](C1)[C@H]1CC[C@H]2O1)S(=O)(=O)c1ccc(Cl)cc1. The Bertz CT molecular complexity index is 764. The van der Waals surface area contributed by atoms with Crippen LogP contribution in [0, 0.1) is 11.8 Å². The minimum atomic E-state index is -3.71. The first-order chi connectivity index (χ1) is 11.9. The number of rotatable bonds is 4. The molecule has 0 spiro atoms. The molecule has 0 N–H and O–H groups in total. The molecule has 3 fully saturated rings. The van der Waals surface area contributed by atoms with Crippen molar-refractivity contribution in [2.75, 3.05) is 26.7 Å². The van der Waals surface area contributed by atoms with Crippen LogP contribution in [0.25, 0.3) is 0 Å².